The first-order valence-electron chi connectivity index (χ1n) is 7.33. The zero-order chi connectivity index (χ0) is 13.5. The Kier molecular flexibility index (Phi) is 9.40. The summed E-state index contributed by atoms with van der Waals surface area (Å²) in [6.07, 6.45) is 4.84. The molecule has 0 bridgehead atoms. The Balaban J connectivity index is 0.00000324. The largest absolute Gasteiger partial charge is 0.353 e. The predicted octanol–water partition coefficient (Wildman–Crippen LogP) is 1.77. The van der Waals surface area contributed by atoms with Crippen molar-refractivity contribution in [3.05, 3.63) is 0 Å². The highest BCUT2D eigenvalue weighted by atomic mass is 35.5. The van der Waals surface area contributed by atoms with E-state index < -0.39 is 0 Å². The van der Waals surface area contributed by atoms with Gasteiger partial charge < -0.3 is 11.1 Å². The molecule has 0 aromatic rings. The molecule has 5 heteroatoms. The summed E-state index contributed by atoms with van der Waals surface area (Å²) in [6.45, 7) is 9.18. The minimum absolute atomic E-state index is 0. The lowest BCUT2D eigenvalue weighted by Crippen LogP contribution is -2.48. The van der Waals surface area contributed by atoms with Gasteiger partial charge in [-0.15, -0.1) is 12.4 Å². The third-order valence-electron chi connectivity index (χ3n) is 4.20. The van der Waals surface area contributed by atoms with Crippen LogP contribution in [0.15, 0.2) is 0 Å². The Morgan fingerprint density at radius 1 is 1.47 bits per heavy atom. The smallest absolute Gasteiger partial charge is 0.237 e. The minimum atomic E-state index is -0.367. The summed E-state index contributed by atoms with van der Waals surface area (Å²) in [6, 6.07) is 0.285. The van der Waals surface area contributed by atoms with Crippen LogP contribution in [0.5, 0.6) is 0 Å². The highest BCUT2D eigenvalue weighted by Gasteiger charge is 2.20. The van der Waals surface area contributed by atoms with Crippen molar-refractivity contribution in [1.82, 2.24) is 10.2 Å². The van der Waals surface area contributed by atoms with Gasteiger partial charge in [-0.05, 0) is 32.2 Å². The van der Waals surface area contributed by atoms with Gasteiger partial charge in [-0.2, -0.15) is 0 Å². The van der Waals surface area contributed by atoms with Gasteiger partial charge in [0.05, 0.1) is 6.04 Å². The molecule has 0 spiro atoms. The molecule has 1 heterocycles. The summed E-state index contributed by atoms with van der Waals surface area (Å²) in [5, 5.41) is 2.96. The lowest BCUT2D eigenvalue weighted by atomic mass is 9.99. The molecule has 1 amide bonds. The van der Waals surface area contributed by atoms with Crippen molar-refractivity contribution in [2.75, 3.05) is 19.6 Å². The van der Waals surface area contributed by atoms with Crippen LogP contribution in [0.25, 0.3) is 0 Å². The SMILES string of the molecule is CCC(C)C(N)C(=O)NCCN1CCCCC1C.Cl. The van der Waals surface area contributed by atoms with E-state index in [9.17, 15) is 4.79 Å². The van der Waals surface area contributed by atoms with Crippen molar-refractivity contribution in [1.29, 1.82) is 0 Å². The van der Waals surface area contributed by atoms with Gasteiger partial charge in [0.15, 0.2) is 0 Å². The van der Waals surface area contributed by atoms with Gasteiger partial charge in [-0.3, -0.25) is 9.69 Å². The Labute approximate surface area is 123 Å². The van der Waals surface area contributed by atoms with Gasteiger partial charge >= 0.3 is 0 Å². The monoisotopic (exact) mass is 291 g/mol. The second-order valence-electron chi connectivity index (χ2n) is 5.58. The predicted molar refractivity (Wildman–Crippen MR) is 82.6 cm³/mol. The highest BCUT2D eigenvalue weighted by molar-refractivity contribution is 5.85. The molecule has 1 rings (SSSR count). The summed E-state index contributed by atoms with van der Waals surface area (Å²) in [7, 11) is 0. The fourth-order valence-corrected chi connectivity index (χ4v) is 2.44. The Bertz CT molecular complexity index is 263. The summed E-state index contributed by atoms with van der Waals surface area (Å²) < 4.78 is 0. The van der Waals surface area contributed by atoms with E-state index in [0.29, 0.717) is 12.6 Å². The third-order valence-corrected chi connectivity index (χ3v) is 4.20. The van der Waals surface area contributed by atoms with Crippen molar-refractivity contribution in [3.8, 4) is 0 Å². The fourth-order valence-electron chi connectivity index (χ4n) is 2.44. The number of hydrogen-bond donors (Lipinski definition) is 2. The van der Waals surface area contributed by atoms with Crippen molar-refractivity contribution in [2.45, 2.75) is 58.5 Å². The minimum Gasteiger partial charge on any atom is -0.353 e. The Hall–Kier alpha value is -0.320. The summed E-state index contributed by atoms with van der Waals surface area (Å²) >= 11 is 0. The third kappa shape index (κ3) is 6.11. The van der Waals surface area contributed by atoms with E-state index in [1.54, 1.807) is 0 Å². The number of hydrogen-bond acceptors (Lipinski definition) is 3. The molecule has 1 saturated heterocycles. The van der Waals surface area contributed by atoms with Crippen LogP contribution in [-0.2, 0) is 4.79 Å². The molecule has 0 aromatic carbocycles. The Morgan fingerprint density at radius 3 is 2.74 bits per heavy atom. The van der Waals surface area contributed by atoms with Crippen LogP contribution in [0.1, 0.15) is 46.5 Å². The van der Waals surface area contributed by atoms with E-state index in [-0.39, 0.29) is 30.3 Å². The maximum atomic E-state index is 11.8. The quantitative estimate of drug-likeness (QED) is 0.784. The molecule has 1 fully saturated rings. The van der Waals surface area contributed by atoms with Crippen LogP contribution in [0.4, 0.5) is 0 Å². The van der Waals surface area contributed by atoms with Crippen molar-refractivity contribution < 1.29 is 4.79 Å². The maximum Gasteiger partial charge on any atom is 0.237 e. The Morgan fingerprint density at radius 2 is 2.16 bits per heavy atom. The molecule has 1 aliphatic heterocycles. The van der Waals surface area contributed by atoms with Crippen LogP contribution in [0.3, 0.4) is 0 Å². The van der Waals surface area contributed by atoms with E-state index in [1.807, 2.05) is 6.92 Å². The molecule has 3 N–H and O–H groups in total. The first-order valence-corrected chi connectivity index (χ1v) is 7.33. The molecule has 0 radical (unpaired) electrons. The second-order valence-corrected chi connectivity index (χ2v) is 5.58. The number of nitrogens with zero attached hydrogens (tertiary/aromatic N) is 1. The van der Waals surface area contributed by atoms with E-state index >= 15 is 0 Å². The number of rotatable bonds is 6. The van der Waals surface area contributed by atoms with Gasteiger partial charge in [0.25, 0.3) is 0 Å². The average molecular weight is 292 g/mol. The van der Waals surface area contributed by atoms with Crippen molar-refractivity contribution in [3.63, 3.8) is 0 Å². The van der Waals surface area contributed by atoms with E-state index in [1.165, 1.54) is 19.3 Å². The molecule has 19 heavy (non-hydrogen) atoms. The number of amides is 1. The number of likely N-dealkylation sites (tertiary alicyclic amines) is 1. The molecule has 1 aliphatic rings. The molecular weight excluding hydrogens is 262 g/mol. The zero-order valence-corrected chi connectivity index (χ0v) is 13.3. The van der Waals surface area contributed by atoms with Crippen LogP contribution >= 0.6 is 12.4 Å². The van der Waals surface area contributed by atoms with Crippen molar-refractivity contribution in [2.24, 2.45) is 11.7 Å². The van der Waals surface area contributed by atoms with Crippen LogP contribution in [0, 0.1) is 5.92 Å². The summed E-state index contributed by atoms with van der Waals surface area (Å²) in [4.78, 5) is 14.3. The number of nitrogens with one attached hydrogen (secondary N) is 1. The number of halogens is 1. The van der Waals surface area contributed by atoms with Crippen LogP contribution < -0.4 is 11.1 Å². The average Bonchev–Trinajstić information content (AvgIpc) is 2.39. The van der Waals surface area contributed by atoms with Crippen molar-refractivity contribution >= 4 is 18.3 Å². The van der Waals surface area contributed by atoms with Gasteiger partial charge in [0, 0.05) is 19.1 Å². The molecule has 3 unspecified atom stereocenters. The first kappa shape index (κ1) is 18.7. The molecule has 4 nitrogen and oxygen atoms in total. The zero-order valence-electron chi connectivity index (χ0n) is 12.5. The summed E-state index contributed by atoms with van der Waals surface area (Å²) in [5.74, 6) is 0.243. The van der Waals surface area contributed by atoms with Gasteiger partial charge in [-0.1, -0.05) is 26.7 Å². The lowest BCUT2D eigenvalue weighted by molar-refractivity contribution is -0.123. The summed E-state index contributed by atoms with van der Waals surface area (Å²) in [5.41, 5.74) is 5.89. The number of carbonyl (C=O) groups excluding carboxylic acids is 1. The second kappa shape index (κ2) is 9.56. The fraction of sp³-hybridized carbons (Fsp3) is 0.929. The topological polar surface area (TPSA) is 58.4 Å². The molecule has 0 aromatic heterocycles. The van der Waals surface area contributed by atoms with Crippen LogP contribution in [-0.4, -0.2) is 42.5 Å². The van der Waals surface area contributed by atoms with E-state index in [0.717, 1.165) is 19.5 Å². The maximum absolute atomic E-state index is 11.8. The van der Waals surface area contributed by atoms with Crippen LogP contribution in [0.2, 0.25) is 0 Å². The molecule has 0 saturated carbocycles. The highest BCUT2D eigenvalue weighted by Crippen LogP contribution is 2.15. The van der Waals surface area contributed by atoms with Gasteiger partial charge in [0.2, 0.25) is 5.91 Å². The molecule has 3 atom stereocenters. The molecule has 0 aliphatic carbocycles. The number of carbonyl (C=O) groups is 1. The molecular formula is C14H30ClN3O. The van der Waals surface area contributed by atoms with E-state index in [2.05, 4.69) is 24.1 Å². The number of piperidine rings is 1. The van der Waals surface area contributed by atoms with E-state index in [4.69, 9.17) is 5.73 Å². The normalized spacial score (nSPS) is 23.3. The van der Waals surface area contributed by atoms with Gasteiger partial charge in [-0.25, -0.2) is 0 Å². The standard InChI is InChI=1S/C14H29N3O.ClH/c1-4-11(2)13(15)14(18)16-8-10-17-9-6-5-7-12(17)3;/h11-13H,4-10,15H2,1-3H3,(H,16,18);1H. The lowest BCUT2D eigenvalue weighted by Gasteiger charge is -2.33. The number of nitrogens with two attached hydrogens (primary N) is 1. The first-order chi connectivity index (χ1) is 8.56. The van der Waals surface area contributed by atoms with Gasteiger partial charge in [0.1, 0.15) is 0 Å². The molecule has 114 valence electrons.